The van der Waals surface area contributed by atoms with E-state index < -0.39 is 18.7 Å². The van der Waals surface area contributed by atoms with Crippen molar-refractivity contribution in [2.75, 3.05) is 0 Å². The van der Waals surface area contributed by atoms with E-state index in [0.717, 1.165) is 5.52 Å². The Kier molecular flexibility index (Phi) is 8.68. The van der Waals surface area contributed by atoms with Gasteiger partial charge in [0.2, 0.25) is 0 Å². The van der Waals surface area contributed by atoms with E-state index in [1.807, 2.05) is 47.7 Å². The second kappa shape index (κ2) is 10.7. The van der Waals surface area contributed by atoms with Crippen molar-refractivity contribution >= 4 is 60.3 Å². The van der Waals surface area contributed by atoms with E-state index >= 15 is 0 Å². The zero-order valence-electron chi connectivity index (χ0n) is 26.2. The third kappa shape index (κ3) is 5.82. The van der Waals surface area contributed by atoms with Crippen LogP contribution in [0.25, 0.3) is 32.4 Å². The summed E-state index contributed by atoms with van der Waals surface area (Å²) in [6, 6.07) is 15.2. The molecule has 0 amide bonds. The van der Waals surface area contributed by atoms with Crippen molar-refractivity contribution in [1.82, 2.24) is 4.98 Å². The number of carbonyl (C=O) groups excluding carboxylic acids is 1. The number of hydrogen-bond acceptors (Lipinski definition) is 3. The van der Waals surface area contributed by atoms with Crippen LogP contribution in [-0.2, 0) is 30.3 Å². The largest absolute Gasteiger partial charge is 0 e. The number of aryl methyl sites for hydroxylation is 1. The zero-order valence-corrected chi connectivity index (χ0v) is 30.7. The van der Waals surface area contributed by atoms with Crippen molar-refractivity contribution < 1.29 is 30.0 Å². The second-order valence-electron chi connectivity index (χ2n) is 14.8. The van der Waals surface area contributed by atoms with Gasteiger partial charge in [-0.2, -0.15) is 0 Å². The molecule has 5 heteroatoms. The van der Waals surface area contributed by atoms with E-state index in [9.17, 15) is 9.90 Å². The van der Waals surface area contributed by atoms with Gasteiger partial charge in [-0.15, -0.1) is 0 Å². The summed E-state index contributed by atoms with van der Waals surface area (Å²) in [5.74, 6) is 5.18. The van der Waals surface area contributed by atoms with Crippen molar-refractivity contribution in [3.63, 3.8) is 0 Å². The number of allylic oxidation sites excluding steroid dienone is 2. The van der Waals surface area contributed by atoms with Gasteiger partial charge in [0.1, 0.15) is 5.76 Å². The zero-order chi connectivity index (χ0) is 29.3. The van der Waals surface area contributed by atoms with Crippen LogP contribution in [0.4, 0.5) is 0 Å². The Balaban J connectivity index is 0.000000272. The molecule has 1 N–H and O–H groups in total. The molecule has 0 aliphatic carbocycles. The number of ketones is 1. The van der Waals surface area contributed by atoms with Gasteiger partial charge in [0, 0.05) is 37.0 Å². The maximum atomic E-state index is 11.5. The Morgan fingerprint density at radius 3 is 2.08 bits per heavy atom. The molecule has 0 atom stereocenters. The van der Waals surface area contributed by atoms with Crippen LogP contribution in [-0.4, -0.2) is 29.1 Å². The van der Waals surface area contributed by atoms with E-state index in [1.165, 1.54) is 44.1 Å². The first-order valence-electron chi connectivity index (χ1n) is 13.9. The number of fused-ring (bicyclic) bond motifs is 3. The molecule has 0 fully saturated rings. The minimum absolute atomic E-state index is 0. The van der Waals surface area contributed by atoms with Gasteiger partial charge >= 0.3 is 158 Å². The first-order chi connectivity index (χ1) is 17.7. The number of nitrogens with zero attached hydrogens (tertiary/aromatic N) is 1. The quantitative estimate of drug-likeness (QED) is 0.0699. The van der Waals surface area contributed by atoms with E-state index in [-0.39, 0.29) is 42.5 Å². The predicted octanol–water partition coefficient (Wildman–Crippen LogP) is 8.17. The SMILES string of the molecule is CC(C)(C)C(=O)/C=C(\O)C(C)(C)C.Cc1c[c-]c2c(c1)c1cc(C(C)(C)C)c[c]3c1c1[c](ccnc21)[Ge]3([CH3])[CH3].[Ir]. The molecule has 0 bridgehead atoms. The number of hydrogen-bond donors (Lipinski definition) is 1. The normalized spacial score (nSPS) is 14.8. The summed E-state index contributed by atoms with van der Waals surface area (Å²) in [6.45, 7) is 20.2. The molecule has 1 aliphatic rings. The van der Waals surface area contributed by atoms with Gasteiger partial charge in [-0.3, -0.25) is 4.79 Å². The molecule has 1 aromatic heterocycles. The molecule has 3 nitrogen and oxygen atoms in total. The fraction of sp³-hybridized carbons (Fsp3) is 0.429. The molecule has 215 valence electrons. The van der Waals surface area contributed by atoms with Crippen molar-refractivity contribution in [2.45, 2.75) is 86.2 Å². The van der Waals surface area contributed by atoms with Gasteiger partial charge in [-0.1, -0.05) is 41.5 Å². The van der Waals surface area contributed by atoms with Crippen molar-refractivity contribution in [1.29, 1.82) is 0 Å². The van der Waals surface area contributed by atoms with Gasteiger partial charge < -0.3 is 5.11 Å². The van der Waals surface area contributed by atoms with Crippen molar-refractivity contribution in [3.05, 3.63) is 65.6 Å². The minimum Gasteiger partial charge on any atom is 0 e. The molecular formula is C35H44GeIrNO2-. The monoisotopic (exact) mass is 777 g/mol. The van der Waals surface area contributed by atoms with Crippen molar-refractivity contribution in [2.24, 2.45) is 10.8 Å². The van der Waals surface area contributed by atoms with Gasteiger partial charge in [0.25, 0.3) is 0 Å². The predicted molar refractivity (Wildman–Crippen MR) is 170 cm³/mol. The first kappa shape index (κ1) is 32.5. The number of aromatic nitrogens is 1. The topological polar surface area (TPSA) is 50.2 Å². The van der Waals surface area contributed by atoms with Crippen LogP contribution in [0.2, 0.25) is 11.5 Å². The molecule has 2 heterocycles. The Morgan fingerprint density at radius 2 is 1.52 bits per heavy atom. The van der Waals surface area contributed by atoms with Gasteiger partial charge in [0.15, 0.2) is 5.78 Å². The molecule has 3 aromatic carbocycles. The summed E-state index contributed by atoms with van der Waals surface area (Å²) >= 11 is -2.32. The molecule has 1 radical (unpaired) electrons. The van der Waals surface area contributed by atoms with Crippen LogP contribution in [0.1, 0.15) is 73.4 Å². The van der Waals surface area contributed by atoms with E-state index in [4.69, 9.17) is 4.98 Å². The van der Waals surface area contributed by atoms with Crippen LogP contribution >= 0.6 is 0 Å². The Labute approximate surface area is 256 Å². The smallest absolute Gasteiger partial charge is 0 e. The number of aliphatic hydroxyl groups is 1. The number of benzene rings is 3. The van der Waals surface area contributed by atoms with Gasteiger partial charge in [0.05, 0.1) is 0 Å². The minimum atomic E-state index is -2.32. The summed E-state index contributed by atoms with van der Waals surface area (Å²) < 4.78 is 3.21. The molecule has 0 spiro atoms. The number of rotatable bonds is 1. The molecule has 0 unspecified atom stereocenters. The molecule has 40 heavy (non-hydrogen) atoms. The Bertz CT molecular complexity index is 1660. The van der Waals surface area contributed by atoms with Crippen LogP contribution < -0.4 is 8.79 Å². The number of aliphatic hydroxyl groups excluding tert-OH is 1. The van der Waals surface area contributed by atoms with Crippen LogP contribution in [0.15, 0.2) is 48.4 Å². The molecular weight excluding hydrogens is 731 g/mol. The third-order valence-electron chi connectivity index (χ3n) is 7.94. The summed E-state index contributed by atoms with van der Waals surface area (Å²) in [7, 11) is 0. The maximum absolute atomic E-state index is 11.5. The van der Waals surface area contributed by atoms with E-state index in [0.29, 0.717) is 0 Å². The standard InChI is InChI=1S/C24H24GeN.C11H20O2.Ir/c1-14-7-8-16-17(11-14)18-12-15(24(2,3)4)13-20-21(18)22-19(25(20,5)6)9-10-26-23(16)22;1-10(2,3)8(12)7-9(13)11(4,5)6;/h7,9-13H,1-6H3;7,12H,1-6H3;/q-1;;/b;8-7-;. The molecule has 0 saturated carbocycles. The molecule has 1 aliphatic heterocycles. The Hall–Kier alpha value is -2.01. The molecule has 4 aromatic rings. The molecule has 5 rings (SSSR count). The summed E-state index contributed by atoms with van der Waals surface area (Å²) in [4.78, 5) is 16.3. The average Bonchev–Trinajstić information content (AvgIpc) is 3.04. The average molecular weight is 776 g/mol. The maximum Gasteiger partial charge on any atom is 0 e. The van der Waals surface area contributed by atoms with Gasteiger partial charge in [-0.25, -0.2) is 0 Å². The number of carbonyl (C=O) groups is 1. The van der Waals surface area contributed by atoms with Crippen LogP contribution in [0, 0.1) is 23.8 Å². The summed E-state index contributed by atoms with van der Waals surface area (Å²) in [6.07, 6.45) is 3.35. The second-order valence-corrected chi connectivity index (χ2v) is 23.8. The first-order valence-corrected chi connectivity index (χ1v) is 20.2. The summed E-state index contributed by atoms with van der Waals surface area (Å²) in [5, 5.41) is 16.3. The fourth-order valence-corrected chi connectivity index (χ4v) is 11.6. The van der Waals surface area contributed by atoms with Crippen LogP contribution in [0.3, 0.4) is 0 Å². The van der Waals surface area contributed by atoms with E-state index in [1.54, 1.807) is 8.79 Å². The van der Waals surface area contributed by atoms with E-state index in [2.05, 4.69) is 75.6 Å². The third-order valence-corrected chi connectivity index (χ3v) is 15.3. The van der Waals surface area contributed by atoms with Crippen LogP contribution in [0.5, 0.6) is 0 Å². The number of pyridine rings is 1. The van der Waals surface area contributed by atoms with Crippen molar-refractivity contribution in [3.8, 4) is 0 Å². The Morgan fingerprint density at radius 1 is 0.900 bits per heavy atom. The van der Waals surface area contributed by atoms with Gasteiger partial charge in [-0.05, 0) is 0 Å². The molecule has 0 saturated heterocycles. The fourth-order valence-electron chi connectivity index (χ4n) is 5.19. The summed E-state index contributed by atoms with van der Waals surface area (Å²) in [5.41, 5.74) is 3.23.